The molecule has 1 aliphatic heterocycles. The molecule has 0 fully saturated rings. The number of ether oxygens (including phenoxy) is 2. The molecule has 2 N–H and O–H groups in total. The lowest BCUT2D eigenvalue weighted by Gasteiger charge is -2.29. The van der Waals surface area contributed by atoms with Gasteiger partial charge in [-0.2, -0.15) is 0 Å². The van der Waals surface area contributed by atoms with E-state index >= 15 is 0 Å². The van der Waals surface area contributed by atoms with Crippen molar-refractivity contribution < 1.29 is 19.1 Å². The van der Waals surface area contributed by atoms with Gasteiger partial charge in [0.2, 0.25) is 0 Å². The van der Waals surface area contributed by atoms with Gasteiger partial charge in [0.05, 0.1) is 18.7 Å². The molecule has 0 radical (unpaired) electrons. The van der Waals surface area contributed by atoms with E-state index in [2.05, 4.69) is 10.6 Å². The first-order valence-corrected chi connectivity index (χ1v) is 9.63. The highest BCUT2D eigenvalue weighted by Gasteiger charge is 2.33. The van der Waals surface area contributed by atoms with Gasteiger partial charge in [-0.15, -0.1) is 0 Å². The van der Waals surface area contributed by atoms with Crippen molar-refractivity contribution >= 4 is 22.8 Å². The van der Waals surface area contributed by atoms with Crippen LogP contribution >= 0.6 is 0 Å². The third-order valence-corrected chi connectivity index (χ3v) is 5.15. The highest BCUT2D eigenvalue weighted by molar-refractivity contribution is 5.97. The first-order chi connectivity index (χ1) is 14.6. The fourth-order valence-electron chi connectivity index (χ4n) is 3.65. The Labute approximate surface area is 174 Å². The summed E-state index contributed by atoms with van der Waals surface area (Å²) in [5.74, 6) is 0.257. The van der Waals surface area contributed by atoms with Crippen LogP contribution in [-0.2, 0) is 16.1 Å². The van der Waals surface area contributed by atoms with E-state index in [0.29, 0.717) is 11.3 Å². The smallest absolute Gasteiger partial charge is 0.338 e. The van der Waals surface area contributed by atoms with Crippen LogP contribution in [0.15, 0.2) is 78.0 Å². The largest absolute Gasteiger partial charge is 0.497 e. The number of methoxy groups -OCH3 is 1. The first kappa shape index (κ1) is 19.5. The summed E-state index contributed by atoms with van der Waals surface area (Å²) in [7, 11) is 1.60. The average Bonchev–Trinajstić information content (AvgIpc) is 2.77. The van der Waals surface area contributed by atoms with Gasteiger partial charge in [-0.1, -0.05) is 54.6 Å². The molecule has 152 valence electrons. The van der Waals surface area contributed by atoms with E-state index < -0.39 is 12.0 Å². The molecule has 30 heavy (non-hydrogen) atoms. The van der Waals surface area contributed by atoms with E-state index in [4.69, 9.17) is 9.47 Å². The van der Waals surface area contributed by atoms with Crippen molar-refractivity contribution in [3.8, 4) is 5.75 Å². The van der Waals surface area contributed by atoms with Crippen molar-refractivity contribution in [1.29, 1.82) is 0 Å². The number of benzene rings is 3. The second kappa shape index (κ2) is 8.29. The third kappa shape index (κ3) is 3.85. The second-order valence-electron chi connectivity index (χ2n) is 7.06. The summed E-state index contributed by atoms with van der Waals surface area (Å²) in [5, 5.41) is 7.56. The minimum Gasteiger partial charge on any atom is -0.497 e. The molecule has 2 amide bonds. The minimum absolute atomic E-state index is 0.121. The van der Waals surface area contributed by atoms with Gasteiger partial charge in [0.15, 0.2) is 0 Å². The number of urea groups is 1. The van der Waals surface area contributed by atoms with Gasteiger partial charge in [-0.05, 0) is 41.0 Å². The molecule has 0 aliphatic carbocycles. The van der Waals surface area contributed by atoms with Crippen molar-refractivity contribution in [2.75, 3.05) is 7.11 Å². The Balaban J connectivity index is 1.63. The Morgan fingerprint density at radius 3 is 2.50 bits per heavy atom. The molecule has 0 saturated carbocycles. The number of nitrogens with one attached hydrogen (secondary N) is 2. The van der Waals surface area contributed by atoms with Gasteiger partial charge >= 0.3 is 12.0 Å². The number of esters is 1. The molecule has 1 unspecified atom stereocenters. The van der Waals surface area contributed by atoms with Crippen molar-refractivity contribution in [2.24, 2.45) is 0 Å². The Morgan fingerprint density at radius 1 is 1.00 bits per heavy atom. The summed E-state index contributed by atoms with van der Waals surface area (Å²) in [6.07, 6.45) is 0. The maximum Gasteiger partial charge on any atom is 0.338 e. The Morgan fingerprint density at radius 2 is 1.73 bits per heavy atom. The summed E-state index contributed by atoms with van der Waals surface area (Å²) in [4.78, 5) is 25.2. The van der Waals surface area contributed by atoms with Crippen LogP contribution in [0.5, 0.6) is 5.75 Å². The minimum atomic E-state index is -0.604. The molecule has 3 aromatic rings. The lowest BCUT2D eigenvalue weighted by atomic mass is 9.91. The predicted molar refractivity (Wildman–Crippen MR) is 114 cm³/mol. The molecular formula is C24H22N2O4. The maximum absolute atomic E-state index is 13.0. The molecule has 0 bridgehead atoms. The number of fused-ring (bicyclic) bond motifs is 1. The van der Waals surface area contributed by atoms with Crippen molar-refractivity contribution in [3.63, 3.8) is 0 Å². The summed E-state index contributed by atoms with van der Waals surface area (Å²) < 4.78 is 10.7. The maximum atomic E-state index is 13.0. The van der Waals surface area contributed by atoms with Crippen LogP contribution in [0.25, 0.3) is 10.8 Å². The Kier molecular flexibility index (Phi) is 5.39. The van der Waals surface area contributed by atoms with E-state index in [1.807, 2.05) is 66.7 Å². The quantitative estimate of drug-likeness (QED) is 0.627. The number of hydrogen-bond donors (Lipinski definition) is 2. The summed E-state index contributed by atoms with van der Waals surface area (Å²) in [5.41, 5.74) is 2.56. The van der Waals surface area contributed by atoms with Gasteiger partial charge < -0.3 is 20.1 Å². The fourth-order valence-corrected chi connectivity index (χ4v) is 3.65. The SMILES string of the molecule is COc1ccc(COC(=O)C2=C(C)NC(=O)NC2c2cccc3ccccc23)cc1. The number of carbonyl (C=O) groups excluding carboxylic acids is 2. The summed E-state index contributed by atoms with van der Waals surface area (Å²) >= 11 is 0. The Hall–Kier alpha value is -3.80. The first-order valence-electron chi connectivity index (χ1n) is 9.63. The summed E-state index contributed by atoms with van der Waals surface area (Å²) in [6, 6.07) is 20.1. The molecule has 4 rings (SSSR count). The van der Waals surface area contributed by atoms with E-state index in [1.165, 1.54) is 0 Å². The van der Waals surface area contributed by atoms with Gasteiger partial charge in [-0.25, -0.2) is 9.59 Å². The van der Waals surface area contributed by atoms with Crippen LogP contribution in [-0.4, -0.2) is 19.1 Å². The molecule has 3 aromatic carbocycles. The second-order valence-corrected chi connectivity index (χ2v) is 7.06. The number of amides is 2. The van der Waals surface area contributed by atoms with Crippen molar-refractivity contribution in [3.05, 3.63) is 89.1 Å². The number of carbonyl (C=O) groups is 2. The highest BCUT2D eigenvalue weighted by atomic mass is 16.5. The number of hydrogen-bond acceptors (Lipinski definition) is 4. The van der Waals surface area contributed by atoms with Crippen LogP contribution < -0.4 is 15.4 Å². The molecule has 0 spiro atoms. The lowest BCUT2D eigenvalue weighted by molar-refractivity contribution is -0.140. The van der Waals surface area contributed by atoms with E-state index in [9.17, 15) is 9.59 Å². The Bertz CT molecular complexity index is 1130. The van der Waals surface area contributed by atoms with Gasteiger partial charge in [-0.3, -0.25) is 0 Å². The predicted octanol–water partition coefficient (Wildman–Crippen LogP) is 4.22. The molecule has 6 nitrogen and oxygen atoms in total. The summed E-state index contributed by atoms with van der Waals surface area (Å²) in [6.45, 7) is 1.83. The number of rotatable bonds is 5. The number of allylic oxidation sites excluding steroid dienone is 1. The van der Waals surface area contributed by atoms with E-state index in [-0.39, 0.29) is 12.6 Å². The van der Waals surface area contributed by atoms with Gasteiger partial charge in [0.25, 0.3) is 0 Å². The highest BCUT2D eigenvalue weighted by Crippen LogP contribution is 2.32. The van der Waals surface area contributed by atoms with Gasteiger partial charge in [0, 0.05) is 5.70 Å². The standard InChI is InChI=1S/C24H22N2O4/c1-15-21(23(27)30-14-16-10-12-18(29-2)13-11-16)22(26-24(28)25-15)20-9-5-7-17-6-3-4-8-19(17)20/h3-13,22H,14H2,1-2H3,(H2,25,26,28). The van der Waals surface area contributed by atoms with Crippen LogP contribution in [0.3, 0.4) is 0 Å². The van der Waals surface area contributed by atoms with Crippen LogP contribution in [0, 0.1) is 0 Å². The normalized spacial score (nSPS) is 16.1. The van der Waals surface area contributed by atoms with E-state index in [1.54, 1.807) is 14.0 Å². The van der Waals surface area contributed by atoms with Crippen molar-refractivity contribution in [1.82, 2.24) is 10.6 Å². The molecule has 6 heteroatoms. The van der Waals surface area contributed by atoms with Crippen LogP contribution in [0.2, 0.25) is 0 Å². The molecule has 1 heterocycles. The zero-order valence-electron chi connectivity index (χ0n) is 16.8. The monoisotopic (exact) mass is 402 g/mol. The van der Waals surface area contributed by atoms with Gasteiger partial charge in [0.1, 0.15) is 12.4 Å². The molecular weight excluding hydrogens is 380 g/mol. The van der Waals surface area contributed by atoms with E-state index in [0.717, 1.165) is 27.6 Å². The zero-order chi connectivity index (χ0) is 21.1. The van der Waals surface area contributed by atoms with Crippen molar-refractivity contribution in [2.45, 2.75) is 19.6 Å². The topological polar surface area (TPSA) is 76.7 Å². The average molecular weight is 402 g/mol. The van der Waals surface area contributed by atoms with Crippen LogP contribution in [0.4, 0.5) is 4.79 Å². The molecule has 0 saturated heterocycles. The molecule has 1 aliphatic rings. The lowest BCUT2D eigenvalue weighted by Crippen LogP contribution is -2.45. The molecule has 1 atom stereocenters. The zero-order valence-corrected chi connectivity index (χ0v) is 16.8. The molecule has 0 aromatic heterocycles. The third-order valence-electron chi connectivity index (χ3n) is 5.15. The van der Waals surface area contributed by atoms with Crippen LogP contribution in [0.1, 0.15) is 24.1 Å². The fraction of sp³-hybridized carbons (Fsp3) is 0.167.